The number of benzene rings is 1. The molecule has 0 amide bonds. The lowest BCUT2D eigenvalue weighted by molar-refractivity contribution is 0.686. The molecule has 1 aromatic heterocycles. The van der Waals surface area contributed by atoms with Crippen molar-refractivity contribution in [1.29, 1.82) is 0 Å². The lowest BCUT2D eigenvalue weighted by atomic mass is 9.90. The lowest BCUT2D eigenvalue weighted by Gasteiger charge is -2.16. The maximum Gasteiger partial charge on any atom is 0.0705 e. The summed E-state index contributed by atoms with van der Waals surface area (Å²) in [6, 6.07) is 11.2. The van der Waals surface area contributed by atoms with Gasteiger partial charge in [-0.25, -0.2) is 0 Å². The van der Waals surface area contributed by atoms with Gasteiger partial charge in [0.05, 0.1) is 5.69 Å². The Hall–Kier alpha value is -1.67. The number of aromatic nitrogens is 1. The Labute approximate surface area is 121 Å². The van der Waals surface area contributed by atoms with Crippen molar-refractivity contribution in [3.8, 4) is 11.3 Å². The molecule has 0 fully saturated rings. The van der Waals surface area contributed by atoms with E-state index in [0.717, 1.165) is 17.9 Å². The van der Waals surface area contributed by atoms with E-state index >= 15 is 0 Å². The molecule has 1 aromatic carbocycles. The van der Waals surface area contributed by atoms with Gasteiger partial charge < -0.3 is 5.32 Å². The van der Waals surface area contributed by atoms with Crippen LogP contribution < -0.4 is 5.32 Å². The Morgan fingerprint density at radius 2 is 1.85 bits per heavy atom. The molecule has 0 saturated carbocycles. The fourth-order valence-electron chi connectivity index (χ4n) is 3.02. The van der Waals surface area contributed by atoms with Crippen LogP contribution in [0.5, 0.6) is 0 Å². The number of hydrogen-bond donors (Lipinski definition) is 1. The molecule has 0 radical (unpaired) electrons. The van der Waals surface area contributed by atoms with Crippen LogP contribution in [0.15, 0.2) is 30.3 Å². The van der Waals surface area contributed by atoms with Gasteiger partial charge in [0.2, 0.25) is 0 Å². The second-order valence-electron chi connectivity index (χ2n) is 5.66. The molecule has 2 heteroatoms. The van der Waals surface area contributed by atoms with Crippen LogP contribution >= 0.6 is 0 Å². The third-order valence-corrected chi connectivity index (χ3v) is 4.21. The Kier molecular flexibility index (Phi) is 3.83. The molecule has 2 nitrogen and oxygen atoms in total. The Bertz CT molecular complexity index is 617. The zero-order valence-electron chi connectivity index (χ0n) is 12.4. The van der Waals surface area contributed by atoms with E-state index in [9.17, 15) is 0 Å². The smallest absolute Gasteiger partial charge is 0.0705 e. The van der Waals surface area contributed by atoms with E-state index in [2.05, 4.69) is 42.6 Å². The van der Waals surface area contributed by atoms with Crippen LogP contribution in [0, 0.1) is 6.92 Å². The molecule has 0 unspecified atom stereocenters. The molecule has 1 aliphatic carbocycles. The second-order valence-corrected chi connectivity index (χ2v) is 5.66. The van der Waals surface area contributed by atoms with Crippen LogP contribution in [0.4, 0.5) is 0 Å². The highest BCUT2D eigenvalue weighted by atomic mass is 14.8. The first-order chi connectivity index (χ1) is 9.78. The van der Waals surface area contributed by atoms with Crippen LogP contribution in [0.2, 0.25) is 0 Å². The first-order valence-corrected chi connectivity index (χ1v) is 7.51. The zero-order chi connectivity index (χ0) is 13.9. The molecule has 0 spiro atoms. The number of aryl methyl sites for hydroxylation is 3. The largest absolute Gasteiger partial charge is 0.316 e. The van der Waals surface area contributed by atoms with Crippen molar-refractivity contribution < 1.29 is 0 Å². The Morgan fingerprint density at radius 1 is 1.05 bits per heavy atom. The molecule has 3 rings (SSSR count). The van der Waals surface area contributed by atoms with Gasteiger partial charge >= 0.3 is 0 Å². The molecule has 104 valence electrons. The van der Waals surface area contributed by atoms with Crippen molar-refractivity contribution in [3.05, 3.63) is 52.7 Å². The van der Waals surface area contributed by atoms with Crippen LogP contribution in [-0.2, 0) is 19.4 Å². The topological polar surface area (TPSA) is 24.9 Å². The summed E-state index contributed by atoms with van der Waals surface area (Å²) < 4.78 is 0. The van der Waals surface area contributed by atoms with Crippen LogP contribution in [0.1, 0.15) is 35.2 Å². The molecule has 1 heterocycles. The van der Waals surface area contributed by atoms with Gasteiger partial charge in [0.15, 0.2) is 0 Å². The number of hydrogen-bond acceptors (Lipinski definition) is 2. The molecule has 2 aromatic rings. The van der Waals surface area contributed by atoms with Crippen molar-refractivity contribution in [1.82, 2.24) is 10.3 Å². The van der Waals surface area contributed by atoms with Gasteiger partial charge in [-0.1, -0.05) is 18.2 Å². The number of nitrogens with zero attached hydrogens (tertiary/aromatic N) is 1. The summed E-state index contributed by atoms with van der Waals surface area (Å²) in [6.07, 6.45) is 5.12. The van der Waals surface area contributed by atoms with Gasteiger partial charge in [0.25, 0.3) is 0 Å². The van der Waals surface area contributed by atoms with E-state index in [1.54, 1.807) is 0 Å². The minimum atomic E-state index is 0.878. The monoisotopic (exact) mass is 266 g/mol. The predicted octanol–water partition coefficient (Wildman–Crippen LogP) is 3.66. The average Bonchev–Trinajstić information content (AvgIpc) is 2.49. The maximum absolute atomic E-state index is 4.77. The number of pyridine rings is 1. The average molecular weight is 266 g/mol. The quantitative estimate of drug-likeness (QED) is 0.917. The fraction of sp³-hybridized carbons (Fsp3) is 0.389. The van der Waals surface area contributed by atoms with Crippen molar-refractivity contribution in [2.24, 2.45) is 0 Å². The van der Waals surface area contributed by atoms with Gasteiger partial charge in [0.1, 0.15) is 0 Å². The molecular formula is C18H22N2. The van der Waals surface area contributed by atoms with Crippen molar-refractivity contribution in [3.63, 3.8) is 0 Å². The number of nitrogens with one attached hydrogen (secondary N) is 1. The number of fused-ring (bicyclic) bond motifs is 1. The van der Waals surface area contributed by atoms with Crippen molar-refractivity contribution >= 4 is 0 Å². The molecule has 0 aliphatic heterocycles. The standard InChI is InChI=1S/C18H22N2/c1-13-17(12-19-2)9-10-18(20-13)16-8-7-14-5-3-4-6-15(14)11-16/h7-11,19H,3-6,12H2,1-2H3. The van der Waals surface area contributed by atoms with Gasteiger partial charge in [-0.3, -0.25) is 4.98 Å². The zero-order valence-corrected chi connectivity index (χ0v) is 12.4. The predicted molar refractivity (Wildman–Crippen MR) is 83.8 cm³/mol. The third-order valence-electron chi connectivity index (χ3n) is 4.21. The van der Waals surface area contributed by atoms with Gasteiger partial charge in [-0.2, -0.15) is 0 Å². The lowest BCUT2D eigenvalue weighted by Crippen LogP contribution is -2.07. The van der Waals surface area contributed by atoms with Crippen molar-refractivity contribution in [2.75, 3.05) is 7.05 Å². The van der Waals surface area contributed by atoms with E-state index < -0.39 is 0 Å². The fourth-order valence-corrected chi connectivity index (χ4v) is 3.02. The molecular weight excluding hydrogens is 244 g/mol. The summed E-state index contributed by atoms with van der Waals surface area (Å²) in [7, 11) is 1.97. The van der Waals surface area contributed by atoms with E-state index in [1.807, 2.05) is 7.05 Å². The van der Waals surface area contributed by atoms with Gasteiger partial charge in [-0.15, -0.1) is 0 Å². The highest BCUT2D eigenvalue weighted by Gasteiger charge is 2.11. The van der Waals surface area contributed by atoms with Gasteiger partial charge in [0, 0.05) is 17.8 Å². The normalized spacial score (nSPS) is 14.1. The maximum atomic E-state index is 4.77. The molecule has 1 N–H and O–H groups in total. The third kappa shape index (κ3) is 2.61. The summed E-state index contributed by atoms with van der Waals surface area (Å²) in [6.45, 7) is 2.97. The SMILES string of the molecule is CNCc1ccc(-c2ccc3c(c2)CCCC3)nc1C. The molecule has 1 aliphatic rings. The first kappa shape index (κ1) is 13.3. The Balaban J connectivity index is 1.94. The summed E-state index contributed by atoms with van der Waals surface area (Å²) >= 11 is 0. The van der Waals surface area contributed by atoms with Gasteiger partial charge in [-0.05, 0) is 68.5 Å². The minimum Gasteiger partial charge on any atom is -0.316 e. The molecule has 20 heavy (non-hydrogen) atoms. The Morgan fingerprint density at radius 3 is 2.60 bits per heavy atom. The summed E-state index contributed by atoms with van der Waals surface area (Å²) in [4.78, 5) is 4.77. The van der Waals surface area contributed by atoms with E-state index in [1.165, 1.54) is 47.9 Å². The van der Waals surface area contributed by atoms with Crippen LogP contribution in [0.25, 0.3) is 11.3 Å². The van der Waals surface area contributed by atoms with Crippen molar-refractivity contribution in [2.45, 2.75) is 39.2 Å². The highest BCUT2D eigenvalue weighted by Crippen LogP contribution is 2.27. The first-order valence-electron chi connectivity index (χ1n) is 7.51. The highest BCUT2D eigenvalue weighted by molar-refractivity contribution is 5.62. The number of rotatable bonds is 3. The summed E-state index contributed by atoms with van der Waals surface area (Å²) in [5.74, 6) is 0. The van der Waals surface area contributed by atoms with E-state index in [4.69, 9.17) is 4.98 Å². The molecule has 0 bridgehead atoms. The van der Waals surface area contributed by atoms with E-state index in [0.29, 0.717) is 0 Å². The van der Waals surface area contributed by atoms with E-state index in [-0.39, 0.29) is 0 Å². The molecule has 0 atom stereocenters. The van der Waals surface area contributed by atoms with Crippen LogP contribution in [-0.4, -0.2) is 12.0 Å². The second kappa shape index (κ2) is 5.76. The molecule has 0 saturated heterocycles. The minimum absolute atomic E-state index is 0.878. The summed E-state index contributed by atoms with van der Waals surface area (Å²) in [5.41, 5.74) is 7.79. The summed E-state index contributed by atoms with van der Waals surface area (Å²) in [5, 5.41) is 3.18. The van der Waals surface area contributed by atoms with Crippen LogP contribution in [0.3, 0.4) is 0 Å².